The van der Waals surface area contributed by atoms with E-state index in [9.17, 15) is 4.79 Å². The summed E-state index contributed by atoms with van der Waals surface area (Å²) in [6, 6.07) is 0.485. The standard InChI is InChI=1S/C12H24N2O/c1-4-10-5-7-11(8-6-10)14-9(2)12(15)13-3/h9-11,14H,4-8H2,1-3H3,(H,13,15)/t9-,10?,11?/m1/s1. The van der Waals surface area contributed by atoms with Crippen LogP contribution in [0.3, 0.4) is 0 Å². The molecule has 0 heterocycles. The van der Waals surface area contributed by atoms with Gasteiger partial charge < -0.3 is 10.6 Å². The average molecular weight is 212 g/mol. The first-order valence-corrected chi connectivity index (χ1v) is 6.15. The summed E-state index contributed by atoms with van der Waals surface area (Å²) < 4.78 is 0. The lowest BCUT2D eigenvalue weighted by Gasteiger charge is -2.30. The van der Waals surface area contributed by atoms with Crippen molar-refractivity contribution in [1.29, 1.82) is 0 Å². The molecule has 1 aliphatic rings. The zero-order chi connectivity index (χ0) is 11.3. The number of carbonyl (C=O) groups is 1. The van der Waals surface area contributed by atoms with Gasteiger partial charge in [0, 0.05) is 13.1 Å². The third-order valence-electron chi connectivity index (χ3n) is 3.55. The second-order valence-corrected chi connectivity index (χ2v) is 4.63. The Hall–Kier alpha value is -0.570. The molecule has 15 heavy (non-hydrogen) atoms. The van der Waals surface area contributed by atoms with Crippen LogP contribution in [-0.4, -0.2) is 25.0 Å². The minimum absolute atomic E-state index is 0.0572. The lowest BCUT2D eigenvalue weighted by molar-refractivity contribution is -0.122. The zero-order valence-electron chi connectivity index (χ0n) is 10.2. The highest BCUT2D eigenvalue weighted by atomic mass is 16.2. The minimum atomic E-state index is -0.0572. The number of amides is 1. The van der Waals surface area contributed by atoms with E-state index in [1.807, 2.05) is 6.92 Å². The second-order valence-electron chi connectivity index (χ2n) is 4.63. The molecule has 3 heteroatoms. The molecular weight excluding hydrogens is 188 g/mol. The van der Waals surface area contributed by atoms with E-state index in [1.54, 1.807) is 7.05 Å². The summed E-state index contributed by atoms with van der Waals surface area (Å²) in [5.41, 5.74) is 0. The molecule has 1 saturated carbocycles. The first-order chi connectivity index (χ1) is 7.17. The molecule has 0 spiro atoms. The van der Waals surface area contributed by atoms with E-state index in [0.29, 0.717) is 6.04 Å². The molecule has 88 valence electrons. The number of hydrogen-bond donors (Lipinski definition) is 2. The van der Waals surface area contributed by atoms with Crippen LogP contribution in [0, 0.1) is 5.92 Å². The smallest absolute Gasteiger partial charge is 0.236 e. The largest absolute Gasteiger partial charge is 0.358 e. The summed E-state index contributed by atoms with van der Waals surface area (Å²) in [7, 11) is 1.69. The van der Waals surface area contributed by atoms with Crippen LogP contribution >= 0.6 is 0 Å². The van der Waals surface area contributed by atoms with Crippen LogP contribution in [0.2, 0.25) is 0 Å². The van der Waals surface area contributed by atoms with Gasteiger partial charge in [0.25, 0.3) is 0 Å². The van der Waals surface area contributed by atoms with Crippen LogP contribution in [0.4, 0.5) is 0 Å². The zero-order valence-corrected chi connectivity index (χ0v) is 10.2. The van der Waals surface area contributed by atoms with Crippen molar-refractivity contribution >= 4 is 5.91 Å². The van der Waals surface area contributed by atoms with Crippen molar-refractivity contribution in [3.05, 3.63) is 0 Å². The van der Waals surface area contributed by atoms with Gasteiger partial charge in [0.1, 0.15) is 0 Å². The van der Waals surface area contributed by atoms with E-state index in [1.165, 1.54) is 32.1 Å². The second kappa shape index (κ2) is 6.11. The van der Waals surface area contributed by atoms with Gasteiger partial charge in [-0.05, 0) is 38.5 Å². The number of nitrogens with one attached hydrogen (secondary N) is 2. The van der Waals surface area contributed by atoms with Gasteiger partial charge in [-0.2, -0.15) is 0 Å². The molecule has 1 rings (SSSR count). The Bertz CT molecular complexity index is 198. The van der Waals surface area contributed by atoms with E-state index in [-0.39, 0.29) is 11.9 Å². The highest BCUT2D eigenvalue weighted by Gasteiger charge is 2.22. The van der Waals surface area contributed by atoms with Gasteiger partial charge in [-0.25, -0.2) is 0 Å². The summed E-state index contributed by atoms with van der Waals surface area (Å²) in [5.74, 6) is 1.01. The summed E-state index contributed by atoms with van der Waals surface area (Å²) in [4.78, 5) is 11.3. The van der Waals surface area contributed by atoms with Crippen LogP contribution in [0.5, 0.6) is 0 Å². The molecule has 2 N–H and O–H groups in total. The molecule has 0 radical (unpaired) electrons. The predicted octanol–water partition coefficient (Wildman–Crippen LogP) is 1.68. The summed E-state index contributed by atoms with van der Waals surface area (Å²) >= 11 is 0. The van der Waals surface area contributed by atoms with Crippen molar-refractivity contribution in [2.45, 2.75) is 58.0 Å². The van der Waals surface area contributed by atoms with Crippen LogP contribution in [0.15, 0.2) is 0 Å². The molecule has 0 aliphatic heterocycles. The highest BCUT2D eigenvalue weighted by molar-refractivity contribution is 5.80. The molecule has 0 aromatic heterocycles. The number of rotatable bonds is 4. The average Bonchev–Trinajstić information content (AvgIpc) is 2.29. The minimum Gasteiger partial charge on any atom is -0.358 e. The van der Waals surface area contributed by atoms with Gasteiger partial charge >= 0.3 is 0 Å². The Morgan fingerprint density at radius 3 is 2.40 bits per heavy atom. The predicted molar refractivity (Wildman–Crippen MR) is 62.7 cm³/mol. The fourth-order valence-corrected chi connectivity index (χ4v) is 2.38. The number of carbonyl (C=O) groups excluding carboxylic acids is 1. The van der Waals surface area contributed by atoms with Gasteiger partial charge in [0.05, 0.1) is 6.04 Å². The first kappa shape index (κ1) is 12.5. The molecular formula is C12H24N2O. The van der Waals surface area contributed by atoms with Gasteiger partial charge in [0.15, 0.2) is 0 Å². The SMILES string of the molecule is CCC1CCC(N[C@H](C)C(=O)NC)CC1. The van der Waals surface area contributed by atoms with E-state index >= 15 is 0 Å². The molecule has 1 fully saturated rings. The molecule has 1 amide bonds. The van der Waals surface area contributed by atoms with Crippen LogP contribution in [0.25, 0.3) is 0 Å². The Kier molecular flexibility index (Phi) is 5.09. The molecule has 0 aromatic carbocycles. The van der Waals surface area contributed by atoms with E-state index in [2.05, 4.69) is 17.6 Å². The summed E-state index contributed by atoms with van der Waals surface area (Å²) in [6.45, 7) is 4.20. The maximum Gasteiger partial charge on any atom is 0.236 e. The van der Waals surface area contributed by atoms with Crippen molar-refractivity contribution in [2.75, 3.05) is 7.05 Å². The molecule has 0 aromatic rings. The molecule has 3 nitrogen and oxygen atoms in total. The Morgan fingerprint density at radius 1 is 1.33 bits per heavy atom. The Balaban J connectivity index is 2.26. The quantitative estimate of drug-likeness (QED) is 0.744. The lowest BCUT2D eigenvalue weighted by Crippen LogP contribution is -2.46. The number of likely N-dealkylation sites (N-methyl/N-ethyl adjacent to an activating group) is 1. The van der Waals surface area contributed by atoms with Gasteiger partial charge in [-0.1, -0.05) is 13.3 Å². The Morgan fingerprint density at radius 2 is 1.93 bits per heavy atom. The normalized spacial score (nSPS) is 28.5. The van der Waals surface area contributed by atoms with Crippen molar-refractivity contribution in [2.24, 2.45) is 5.92 Å². The van der Waals surface area contributed by atoms with E-state index < -0.39 is 0 Å². The third-order valence-corrected chi connectivity index (χ3v) is 3.55. The molecule has 0 saturated heterocycles. The van der Waals surface area contributed by atoms with E-state index in [0.717, 1.165) is 5.92 Å². The topological polar surface area (TPSA) is 41.1 Å². The fraction of sp³-hybridized carbons (Fsp3) is 0.917. The van der Waals surface area contributed by atoms with Crippen molar-refractivity contribution < 1.29 is 4.79 Å². The van der Waals surface area contributed by atoms with E-state index in [4.69, 9.17) is 0 Å². The highest BCUT2D eigenvalue weighted by Crippen LogP contribution is 2.26. The van der Waals surface area contributed by atoms with Crippen LogP contribution in [0.1, 0.15) is 46.0 Å². The summed E-state index contributed by atoms with van der Waals surface area (Å²) in [5, 5.41) is 6.07. The Labute approximate surface area is 93.0 Å². The van der Waals surface area contributed by atoms with Gasteiger partial charge in [-0.15, -0.1) is 0 Å². The fourth-order valence-electron chi connectivity index (χ4n) is 2.38. The maximum absolute atomic E-state index is 11.3. The molecule has 0 unspecified atom stereocenters. The monoisotopic (exact) mass is 212 g/mol. The summed E-state index contributed by atoms with van der Waals surface area (Å²) in [6.07, 6.45) is 6.38. The van der Waals surface area contributed by atoms with Crippen molar-refractivity contribution in [3.8, 4) is 0 Å². The molecule has 0 bridgehead atoms. The van der Waals surface area contributed by atoms with Crippen molar-refractivity contribution in [1.82, 2.24) is 10.6 Å². The van der Waals surface area contributed by atoms with Crippen LogP contribution < -0.4 is 10.6 Å². The number of hydrogen-bond acceptors (Lipinski definition) is 2. The third kappa shape index (κ3) is 3.82. The van der Waals surface area contributed by atoms with Crippen molar-refractivity contribution in [3.63, 3.8) is 0 Å². The van der Waals surface area contributed by atoms with Gasteiger partial charge in [0.2, 0.25) is 5.91 Å². The molecule has 1 atom stereocenters. The molecule has 1 aliphatic carbocycles. The maximum atomic E-state index is 11.3. The van der Waals surface area contributed by atoms with Gasteiger partial charge in [-0.3, -0.25) is 4.79 Å². The lowest BCUT2D eigenvalue weighted by atomic mass is 9.84. The van der Waals surface area contributed by atoms with Crippen LogP contribution in [-0.2, 0) is 4.79 Å². The first-order valence-electron chi connectivity index (χ1n) is 6.15.